The zero-order valence-electron chi connectivity index (χ0n) is 7.82. The maximum absolute atomic E-state index is 11.1. The van der Waals surface area contributed by atoms with Crippen molar-refractivity contribution in [2.24, 2.45) is 5.92 Å². The third kappa shape index (κ3) is 0.934. The average Bonchev–Trinajstić information content (AvgIpc) is 2.77. The second kappa shape index (κ2) is 2.60. The zero-order valence-corrected chi connectivity index (χ0v) is 8.64. The number of carbonyl (C=O) groups is 1. The molecule has 2 aliphatic carbocycles. The molecule has 1 aromatic rings. The van der Waals surface area contributed by atoms with E-state index in [0.717, 1.165) is 25.7 Å². The van der Waals surface area contributed by atoms with Gasteiger partial charge in [-0.1, -0.05) is 0 Å². The first kappa shape index (κ1) is 8.48. The van der Waals surface area contributed by atoms with Crippen LogP contribution in [-0.4, -0.2) is 11.1 Å². The lowest BCUT2D eigenvalue weighted by molar-refractivity contribution is -0.143. The summed E-state index contributed by atoms with van der Waals surface area (Å²) >= 11 is 1.79. The van der Waals surface area contributed by atoms with E-state index in [2.05, 4.69) is 11.4 Å². The lowest BCUT2D eigenvalue weighted by Gasteiger charge is -2.28. The number of fused-ring (bicyclic) bond motifs is 2. The van der Waals surface area contributed by atoms with Crippen molar-refractivity contribution in [2.45, 2.75) is 31.1 Å². The van der Waals surface area contributed by atoms with Gasteiger partial charge >= 0.3 is 5.97 Å². The third-order valence-corrected chi connectivity index (χ3v) is 4.68. The fourth-order valence-electron chi connectivity index (χ4n) is 2.83. The lowest BCUT2D eigenvalue weighted by Crippen LogP contribution is -2.32. The van der Waals surface area contributed by atoms with Crippen LogP contribution < -0.4 is 0 Å². The van der Waals surface area contributed by atoms with Crippen molar-refractivity contribution >= 4 is 17.3 Å². The van der Waals surface area contributed by atoms with E-state index >= 15 is 0 Å². The second-order valence-corrected chi connectivity index (χ2v) is 5.34. The smallest absolute Gasteiger partial charge is 0.307 e. The van der Waals surface area contributed by atoms with E-state index in [1.54, 1.807) is 11.3 Å². The van der Waals surface area contributed by atoms with Gasteiger partial charge in [-0.2, -0.15) is 0 Å². The first-order valence-corrected chi connectivity index (χ1v) is 5.92. The molecule has 0 saturated heterocycles. The Kier molecular flexibility index (Phi) is 1.57. The summed E-state index contributed by atoms with van der Waals surface area (Å²) < 4.78 is 0. The predicted octanol–water partition coefficient (Wildman–Crippen LogP) is 2.43. The summed E-state index contributed by atoms with van der Waals surface area (Å²) in [4.78, 5) is 12.6. The molecular weight excluding hydrogens is 196 g/mol. The molecule has 1 fully saturated rings. The highest BCUT2D eigenvalue weighted by molar-refractivity contribution is 7.10. The molecule has 0 aliphatic heterocycles. The van der Waals surface area contributed by atoms with Gasteiger partial charge in [0.25, 0.3) is 0 Å². The normalized spacial score (nSPS) is 27.3. The van der Waals surface area contributed by atoms with Crippen LogP contribution >= 0.6 is 11.3 Å². The fraction of sp³-hybridized carbons (Fsp3) is 0.545. The molecule has 1 unspecified atom stereocenters. The van der Waals surface area contributed by atoms with Crippen LogP contribution in [0.5, 0.6) is 0 Å². The van der Waals surface area contributed by atoms with Crippen LogP contribution in [0.1, 0.15) is 29.7 Å². The molecule has 3 heteroatoms. The molecule has 14 heavy (non-hydrogen) atoms. The molecule has 1 aromatic heterocycles. The Hall–Kier alpha value is -0.830. The van der Waals surface area contributed by atoms with Crippen molar-refractivity contribution in [1.82, 2.24) is 0 Å². The molecule has 2 aliphatic rings. The minimum atomic E-state index is -0.598. The first-order valence-electron chi connectivity index (χ1n) is 5.04. The number of aliphatic carboxylic acids is 1. The number of carboxylic acid groups (broad SMARTS) is 1. The van der Waals surface area contributed by atoms with Gasteiger partial charge in [0.2, 0.25) is 0 Å². The minimum Gasteiger partial charge on any atom is -0.481 e. The molecular formula is C11H12O2S. The molecule has 2 nitrogen and oxygen atoms in total. The van der Waals surface area contributed by atoms with Crippen LogP contribution in [0.4, 0.5) is 0 Å². The number of thiophene rings is 1. The van der Waals surface area contributed by atoms with Crippen molar-refractivity contribution in [1.29, 1.82) is 0 Å². The molecule has 0 bridgehead atoms. The molecule has 1 N–H and O–H groups in total. The molecule has 74 valence electrons. The molecule has 1 saturated carbocycles. The number of hydrogen-bond acceptors (Lipinski definition) is 2. The molecule has 0 amide bonds. The zero-order chi connectivity index (χ0) is 9.76. The molecule has 1 spiro atoms. The third-order valence-electron chi connectivity index (χ3n) is 3.70. The van der Waals surface area contributed by atoms with E-state index < -0.39 is 5.97 Å². The molecule has 3 rings (SSSR count). The van der Waals surface area contributed by atoms with Crippen molar-refractivity contribution in [3.8, 4) is 0 Å². The van der Waals surface area contributed by atoms with E-state index in [1.165, 1.54) is 10.4 Å². The lowest BCUT2D eigenvalue weighted by atomic mass is 9.75. The SMILES string of the molecule is O=C(O)C1CCc2sccc2C12CC2. The van der Waals surface area contributed by atoms with E-state index in [1.807, 2.05) is 0 Å². The van der Waals surface area contributed by atoms with Crippen molar-refractivity contribution < 1.29 is 9.90 Å². The van der Waals surface area contributed by atoms with E-state index in [-0.39, 0.29) is 11.3 Å². The number of carboxylic acids is 1. The van der Waals surface area contributed by atoms with Crippen LogP contribution in [0.15, 0.2) is 11.4 Å². The van der Waals surface area contributed by atoms with Gasteiger partial charge in [0.05, 0.1) is 5.92 Å². The summed E-state index contributed by atoms with van der Waals surface area (Å²) in [5.74, 6) is -0.719. The Balaban J connectivity index is 2.08. The Morgan fingerprint density at radius 1 is 1.57 bits per heavy atom. The summed E-state index contributed by atoms with van der Waals surface area (Å²) in [6, 6.07) is 2.14. The van der Waals surface area contributed by atoms with E-state index in [4.69, 9.17) is 0 Å². The highest BCUT2D eigenvalue weighted by Crippen LogP contribution is 2.59. The summed E-state index contributed by atoms with van der Waals surface area (Å²) in [6.45, 7) is 0. The van der Waals surface area contributed by atoms with Gasteiger partial charge in [0.1, 0.15) is 0 Å². The average molecular weight is 208 g/mol. The van der Waals surface area contributed by atoms with Crippen molar-refractivity contribution in [3.05, 3.63) is 21.9 Å². The fourth-order valence-corrected chi connectivity index (χ4v) is 3.83. The Labute approximate surface area is 86.6 Å². The highest BCUT2D eigenvalue weighted by atomic mass is 32.1. The van der Waals surface area contributed by atoms with Gasteiger partial charge in [-0.15, -0.1) is 11.3 Å². The van der Waals surface area contributed by atoms with Crippen LogP contribution in [0.25, 0.3) is 0 Å². The van der Waals surface area contributed by atoms with Gasteiger partial charge in [-0.05, 0) is 42.7 Å². The maximum atomic E-state index is 11.1. The van der Waals surface area contributed by atoms with Crippen LogP contribution in [0.2, 0.25) is 0 Å². The van der Waals surface area contributed by atoms with Crippen molar-refractivity contribution in [3.63, 3.8) is 0 Å². The maximum Gasteiger partial charge on any atom is 0.307 e. The summed E-state index contributed by atoms with van der Waals surface area (Å²) in [5.41, 5.74) is 1.39. The Morgan fingerprint density at radius 3 is 3.00 bits per heavy atom. The summed E-state index contributed by atoms with van der Waals surface area (Å²) in [5, 5.41) is 11.3. The first-order chi connectivity index (χ1) is 6.74. The van der Waals surface area contributed by atoms with Gasteiger partial charge < -0.3 is 5.11 Å². The quantitative estimate of drug-likeness (QED) is 0.769. The molecule has 1 heterocycles. The monoisotopic (exact) mass is 208 g/mol. The Morgan fingerprint density at radius 2 is 2.36 bits per heavy atom. The second-order valence-electron chi connectivity index (χ2n) is 4.34. The van der Waals surface area contributed by atoms with Crippen LogP contribution in [0.3, 0.4) is 0 Å². The number of rotatable bonds is 1. The molecule has 0 radical (unpaired) electrons. The minimum absolute atomic E-state index is 0.0411. The number of aryl methyl sites for hydroxylation is 1. The Bertz CT molecular complexity index is 390. The standard InChI is InChI=1S/C11H12O2S/c12-10(13)8-1-2-9-7(3-6-14-9)11(8)4-5-11/h3,6,8H,1-2,4-5H2,(H,12,13). The van der Waals surface area contributed by atoms with Gasteiger partial charge in [-0.25, -0.2) is 0 Å². The van der Waals surface area contributed by atoms with E-state index in [0.29, 0.717) is 0 Å². The van der Waals surface area contributed by atoms with Gasteiger partial charge in [0.15, 0.2) is 0 Å². The predicted molar refractivity (Wildman–Crippen MR) is 54.7 cm³/mol. The van der Waals surface area contributed by atoms with Crippen molar-refractivity contribution in [2.75, 3.05) is 0 Å². The molecule has 0 aromatic carbocycles. The largest absolute Gasteiger partial charge is 0.481 e. The van der Waals surface area contributed by atoms with Crippen LogP contribution in [0, 0.1) is 5.92 Å². The van der Waals surface area contributed by atoms with Gasteiger partial charge in [0, 0.05) is 10.3 Å². The topological polar surface area (TPSA) is 37.3 Å². The summed E-state index contributed by atoms with van der Waals surface area (Å²) in [7, 11) is 0. The highest BCUT2D eigenvalue weighted by Gasteiger charge is 2.56. The number of hydrogen-bond donors (Lipinski definition) is 1. The van der Waals surface area contributed by atoms with Crippen LogP contribution in [-0.2, 0) is 16.6 Å². The van der Waals surface area contributed by atoms with E-state index in [9.17, 15) is 9.90 Å². The molecule has 1 atom stereocenters. The van der Waals surface area contributed by atoms with Gasteiger partial charge in [-0.3, -0.25) is 4.79 Å². The summed E-state index contributed by atoms with van der Waals surface area (Å²) in [6.07, 6.45) is 3.95.